The van der Waals surface area contributed by atoms with E-state index in [9.17, 15) is 4.79 Å². The lowest BCUT2D eigenvalue weighted by atomic mass is 9.43. The SMILES string of the molecule is CC(=O)O[C@@H]1CC[C@]2(C)[C@H](CC[C@]3(C)O[C@@](C)([C@H]4CO4)CC[C@@H]23)C1(C)C. The molecule has 0 aromatic heterocycles. The highest BCUT2D eigenvalue weighted by Gasteiger charge is 2.65. The van der Waals surface area contributed by atoms with Crippen LogP contribution >= 0.6 is 0 Å². The first-order valence-electron chi connectivity index (χ1n) is 10.5. The lowest BCUT2D eigenvalue weighted by Crippen LogP contribution is -2.65. The van der Waals surface area contributed by atoms with Gasteiger partial charge in [0.2, 0.25) is 0 Å². The molecule has 4 heteroatoms. The van der Waals surface area contributed by atoms with E-state index in [1.165, 1.54) is 13.3 Å². The summed E-state index contributed by atoms with van der Waals surface area (Å²) in [5.41, 5.74) is 0.0900. The smallest absolute Gasteiger partial charge is 0.302 e. The van der Waals surface area contributed by atoms with E-state index in [0.29, 0.717) is 17.9 Å². The molecule has 2 saturated carbocycles. The summed E-state index contributed by atoms with van der Waals surface area (Å²) in [4.78, 5) is 11.6. The highest BCUT2D eigenvalue weighted by atomic mass is 16.6. The molecule has 0 aromatic rings. The second kappa shape index (κ2) is 5.70. The molecule has 2 aliphatic carbocycles. The van der Waals surface area contributed by atoms with Gasteiger partial charge in [-0.3, -0.25) is 4.79 Å². The van der Waals surface area contributed by atoms with E-state index in [2.05, 4.69) is 34.6 Å². The Morgan fingerprint density at radius 3 is 2.15 bits per heavy atom. The standard InChI is InChI=1S/C22H36O4/c1-14(23)25-17-9-10-20(4)15(19(17,2)3)7-11-21(5)16(20)8-12-22(6,26-21)18-13-24-18/h15-18H,7-13H2,1-6H3/t15-,16+,17-,18-,20-,21+,22-/m1/s1. The van der Waals surface area contributed by atoms with E-state index in [4.69, 9.17) is 14.2 Å². The van der Waals surface area contributed by atoms with Crippen LogP contribution < -0.4 is 0 Å². The third-order valence-electron chi connectivity index (χ3n) is 8.65. The molecule has 0 radical (unpaired) electrons. The molecule has 4 nitrogen and oxygen atoms in total. The number of carbonyl (C=O) groups is 1. The molecule has 148 valence electrons. The van der Waals surface area contributed by atoms with E-state index in [1.807, 2.05) is 0 Å². The molecule has 26 heavy (non-hydrogen) atoms. The maximum atomic E-state index is 11.6. The minimum atomic E-state index is -0.145. The Labute approximate surface area is 158 Å². The highest BCUT2D eigenvalue weighted by molar-refractivity contribution is 5.66. The van der Waals surface area contributed by atoms with Crippen molar-refractivity contribution < 1.29 is 19.0 Å². The average Bonchev–Trinajstić information content (AvgIpc) is 3.34. The first-order chi connectivity index (χ1) is 12.0. The van der Waals surface area contributed by atoms with Crippen LogP contribution in [0.2, 0.25) is 0 Å². The predicted molar refractivity (Wildman–Crippen MR) is 99.8 cm³/mol. The summed E-state index contributed by atoms with van der Waals surface area (Å²) in [6.45, 7) is 14.1. The zero-order chi connectivity index (χ0) is 19.0. The monoisotopic (exact) mass is 364 g/mol. The van der Waals surface area contributed by atoms with Gasteiger partial charge in [-0.2, -0.15) is 0 Å². The van der Waals surface area contributed by atoms with Crippen LogP contribution in [-0.2, 0) is 19.0 Å². The van der Waals surface area contributed by atoms with Gasteiger partial charge in [0.15, 0.2) is 0 Å². The number of ether oxygens (including phenoxy) is 3. The van der Waals surface area contributed by atoms with Crippen LogP contribution in [0.3, 0.4) is 0 Å². The first-order valence-corrected chi connectivity index (χ1v) is 10.5. The summed E-state index contributed by atoms with van der Waals surface area (Å²) in [7, 11) is 0. The van der Waals surface area contributed by atoms with Crippen LogP contribution in [0.4, 0.5) is 0 Å². The molecule has 2 aliphatic heterocycles. The Morgan fingerprint density at radius 1 is 0.923 bits per heavy atom. The van der Waals surface area contributed by atoms with E-state index in [1.54, 1.807) is 0 Å². The lowest BCUT2D eigenvalue weighted by molar-refractivity contribution is -0.277. The number of hydrogen-bond acceptors (Lipinski definition) is 4. The fourth-order valence-electron chi connectivity index (χ4n) is 7.29. The van der Waals surface area contributed by atoms with E-state index >= 15 is 0 Å². The van der Waals surface area contributed by atoms with Gasteiger partial charge in [0.05, 0.1) is 17.8 Å². The number of epoxide rings is 1. The minimum Gasteiger partial charge on any atom is -0.462 e. The molecule has 2 heterocycles. The molecule has 4 fully saturated rings. The van der Waals surface area contributed by atoms with Crippen molar-refractivity contribution in [3.8, 4) is 0 Å². The zero-order valence-electron chi connectivity index (χ0n) is 17.4. The van der Waals surface area contributed by atoms with Crippen molar-refractivity contribution in [1.29, 1.82) is 0 Å². The van der Waals surface area contributed by atoms with Crippen molar-refractivity contribution in [1.82, 2.24) is 0 Å². The fourth-order valence-corrected chi connectivity index (χ4v) is 7.29. The molecule has 0 aromatic carbocycles. The second-order valence-electron chi connectivity index (χ2n) is 10.7. The topological polar surface area (TPSA) is 48.1 Å². The summed E-state index contributed by atoms with van der Waals surface area (Å²) in [5, 5.41) is 0. The summed E-state index contributed by atoms with van der Waals surface area (Å²) in [5.74, 6) is 0.989. The maximum Gasteiger partial charge on any atom is 0.302 e. The number of rotatable bonds is 2. The van der Waals surface area contributed by atoms with Gasteiger partial charge in [0.1, 0.15) is 12.2 Å². The lowest BCUT2D eigenvalue weighted by Gasteiger charge is -2.66. The van der Waals surface area contributed by atoms with Gasteiger partial charge in [-0.15, -0.1) is 0 Å². The van der Waals surface area contributed by atoms with Gasteiger partial charge >= 0.3 is 5.97 Å². The Kier molecular flexibility index (Phi) is 4.11. The van der Waals surface area contributed by atoms with Crippen molar-refractivity contribution in [3.63, 3.8) is 0 Å². The van der Waals surface area contributed by atoms with Crippen LogP contribution in [0.15, 0.2) is 0 Å². The Balaban J connectivity index is 1.61. The summed E-state index contributed by atoms with van der Waals surface area (Å²) in [6, 6.07) is 0. The highest BCUT2D eigenvalue weighted by Crippen LogP contribution is 2.66. The molecule has 4 aliphatic rings. The third kappa shape index (κ3) is 2.66. The molecule has 0 spiro atoms. The van der Waals surface area contributed by atoms with Gasteiger partial charge in [0, 0.05) is 12.3 Å². The van der Waals surface area contributed by atoms with Gasteiger partial charge in [-0.25, -0.2) is 0 Å². The normalized spacial score (nSPS) is 52.5. The number of carbonyl (C=O) groups excluding carboxylic acids is 1. The summed E-state index contributed by atoms with van der Waals surface area (Å²) < 4.78 is 18.2. The molecule has 0 amide bonds. The van der Waals surface area contributed by atoms with Crippen molar-refractivity contribution >= 4 is 5.97 Å². The average molecular weight is 365 g/mol. The molecular weight excluding hydrogens is 328 g/mol. The number of hydrogen-bond donors (Lipinski definition) is 0. The van der Waals surface area contributed by atoms with Gasteiger partial charge < -0.3 is 14.2 Å². The van der Waals surface area contributed by atoms with Gasteiger partial charge in [-0.1, -0.05) is 20.8 Å². The quantitative estimate of drug-likeness (QED) is 0.535. The van der Waals surface area contributed by atoms with Crippen LogP contribution in [0.25, 0.3) is 0 Å². The summed E-state index contributed by atoms with van der Waals surface area (Å²) >= 11 is 0. The predicted octanol–water partition coefficient (Wildman–Crippen LogP) is 4.50. The van der Waals surface area contributed by atoms with E-state index in [-0.39, 0.29) is 34.1 Å². The van der Waals surface area contributed by atoms with Crippen molar-refractivity contribution in [3.05, 3.63) is 0 Å². The molecule has 4 rings (SSSR count). The zero-order valence-corrected chi connectivity index (χ0v) is 17.4. The minimum absolute atomic E-state index is 0.0142. The number of fused-ring (bicyclic) bond motifs is 3. The number of esters is 1. The Hall–Kier alpha value is -0.610. The van der Waals surface area contributed by atoms with Crippen LogP contribution in [0, 0.1) is 22.7 Å². The second-order valence-corrected chi connectivity index (χ2v) is 10.7. The largest absolute Gasteiger partial charge is 0.462 e. The van der Waals surface area contributed by atoms with E-state index in [0.717, 1.165) is 38.7 Å². The molecule has 2 saturated heterocycles. The van der Waals surface area contributed by atoms with Crippen LogP contribution in [0.1, 0.15) is 80.1 Å². The van der Waals surface area contributed by atoms with Crippen molar-refractivity contribution in [2.45, 2.75) is 103 Å². The molecule has 0 N–H and O–H groups in total. The molecule has 0 bridgehead atoms. The van der Waals surface area contributed by atoms with Crippen molar-refractivity contribution in [2.24, 2.45) is 22.7 Å². The summed E-state index contributed by atoms with van der Waals surface area (Å²) in [6.07, 6.45) is 6.97. The van der Waals surface area contributed by atoms with Gasteiger partial charge in [-0.05, 0) is 69.6 Å². The molecule has 7 atom stereocenters. The molecular formula is C22H36O4. The maximum absolute atomic E-state index is 11.6. The fraction of sp³-hybridized carbons (Fsp3) is 0.955. The van der Waals surface area contributed by atoms with Gasteiger partial charge in [0.25, 0.3) is 0 Å². The third-order valence-corrected chi connectivity index (χ3v) is 8.65. The van der Waals surface area contributed by atoms with Crippen molar-refractivity contribution in [2.75, 3.05) is 6.61 Å². The Bertz CT molecular complexity index is 597. The van der Waals surface area contributed by atoms with E-state index < -0.39 is 0 Å². The molecule has 0 unspecified atom stereocenters. The Morgan fingerprint density at radius 2 is 1.54 bits per heavy atom. The van der Waals surface area contributed by atoms with Crippen LogP contribution in [-0.4, -0.2) is 36.0 Å². The van der Waals surface area contributed by atoms with Crippen LogP contribution in [0.5, 0.6) is 0 Å². The first kappa shape index (κ1) is 18.7.